The molecular weight excluding hydrogens is 384 g/mol. The number of nitrogens with one attached hydrogen (secondary N) is 2. The quantitative estimate of drug-likeness (QED) is 0.795. The third-order valence-electron chi connectivity index (χ3n) is 4.48. The summed E-state index contributed by atoms with van der Waals surface area (Å²) in [4.78, 5) is 31.2. The number of piperazine rings is 1. The smallest absolute Gasteiger partial charge is 0.412 e. The number of carbonyl (C=O) groups is 2. The van der Waals surface area contributed by atoms with Crippen LogP contribution >= 0.6 is 0 Å². The summed E-state index contributed by atoms with van der Waals surface area (Å²) >= 11 is 0. The summed E-state index contributed by atoms with van der Waals surface area (Å²) in [6.45, 7) is 7.30. The highest BCUT2D eigenvalue weighted by molar-refractivity contribution is 5.85. The van der Waals surface area contributed by atoms with Crippen molar-refractivity contribution in [3.63, 3.8) is 0 Å². The lowest BCUT2D eigenvalue weighted by molar-refractivity contribution is 0.0114. The fraction of sp³-hybridized carbons (Fsp3) is 0.409. The lowest BCUT2D eigenvalue weighted by Crippen LogP contribution is -2.50. The second-order valence-electron chi connectivity index (χ2n) is 8.02. The number of pyridine rings is 1. The van der Waals surface area contributed by atoms with Crippen molar-refractivity contribution in [1.82, 2.24) is 15.2 Å². The van der Waals surface area contributed by atoms with Crippen molar-refractivity contribution >= 4 is 17.9 Å². The van der Waals surface area contributed by atoms with Gasteiger partial charge in [-0.15, -0.1) is 0 Å². The molecule has 2 heterocycles. The van der Waals surface area contributed by atoms with E-state index in [9.17, 15) is 9.59 Å². The fourth-order valence-electron chi connectivity index (χ4n) is 3.15. The Kier molecular flexibility index (Phi) is 6.89. The van der Waals surface area contributed by atoms with Crippen LogP contribution in [0.2, 0.25) is 0 Å². The van der Waals surface area contributed by atoms with Crippen molar-refractivity contribution in [2.45, 2.75) is 39.0 Å². The monoisotopic (exact) mass is 412 g/mol. The molecule has 0 spiro atoms. The largest absolute Gasteiger partial charge is 0.444 e. The maximum atomic E-state index is 12.7. The standard InChI is InChI=1S/C22H28N4O4/c1-22(2,3)30-21(28)26-13-12-23-14-18(26)19-17(10-7-11-24-19)25-20(27)29-15-16-8-5-4-6-9-16/h4-11,18,23H,12-15H2,1-3H3,(H,25,27). The Labute approximate surface area is 176 Å². The van der Waals surface area contributed by atoms with Crippen LogP contribution in [-0.4, -0.2) is 47.3 Å². The van der Waals surface area contributed by atoms with Gasteiger partial charge in [-0.2, -0.15) is 0 Å². The molecule has 1 unspecified atom stereocenters. The number of hydrogen-bond acceptors (Lipinski definition) is 6. The first-order chi connectivity index (χ1) is 14.3. The molecule has 1 aliphatic heterocycles. The number of aromatic nitrogens is 1. The first-order valence-electron chi connectivity index (χ1n) is 9.96. The highest BCUT2D eigenvalue weighted by Gasteiger charge is 2.33. The molecule has 30 heavy (non-hydrogen) atoms. The molecule has 1 fully saturated rings. The van der Waals surface area contributed by atoms with E-state index in [0.717, 1.165) is 5.56 Å². The Morgan fingerprint density at radius 3 is 2.70 bits per heavy atom. The second-order valence-corrected chi connectivity index (χ2v) is 8.02. The van der Waals surface area contributed by atoms with Gasteiger partial charge in [0, 0.05) is 25.8 Å². The van der Waals surface area contributed by atoms with Crippen LogP contribution in [0.5, 0.6) is 0 Å². The highest BCUT2D eigenvalue weighted by Crippen LogP contribution is 2.28. The Morgan fingerprint density at radius 2 is 1.97 bits per heavy atom. The van der Waals surface area contributed by atoms with E-state index in [4.69, 9.17) is 9.47 Å². The Hall–Kier alpha value is -3.13. The highest BCUT2D eigenvalue weighted by atomic mass is 16.6. The molecule has 0 aliphatic carbocycles. The number of carbonyl (C=O) groups excluding carboxylic acids is 2. The number of anilines is 1. The van der Waals surface area contributed by atoms with E-state index in [2.05, 4.69) is 15.6 Å². The molecule has 1 aromatic heterocycles. The average molecular weight is 412 g/mol. The molecule has 0 radical (unpaired) electrons. The van der Waals surface area contributed by atoms with Crippen LogP contribution in [0.25, 0.3) is 0 Å². The summed E-state index contributed by atoms with van der Waals surface area (Å²) in [7, 11) is 0. The van der Waals surface area contributed by atoms with Gasteiger partial charge in [-0.25, -0.2) is 9.59 Å². The maximum absolute atomic E-state index is 12.7. The molecule has 0 saturated carbocycles. The van der Waals surface area contributed by atoms with E-state index in [1.807, 2.05) is 51.1 Å². The lowest BCUT2D eigenvalue weighted by Gasteiger charge is -2.37. The van der Waals surface area contributed by atoms with Gasteiger partial charge < -0.3 is 14.8 Å². The van der Waals surface area contributed by atoms with Crippen LogP contribution in [0.3, 0.4) is 0 Å². The van der Waals surface area contributed by atoms with Crippen LogP contribution in [0.15, 0.2) is 48.7 Å². The third-order valence-corrected chi connectivity index (χ3v) is 4.48. The van der Waals surface area contributed by atoms with E-state index < -0.39 is 17.8 Å². The summed E-state index contributed by atoms with van der Waals surface area (Å²) in [6.07, 6.45) is 0.649. The van der Waals surface area contributed by atoms with Gasteiger partial charge >= 0.3 is 12.2 Å². The minimum absolute atomic E-state index is 0.164. The number of ether oxygens (including phenoxy) is 2. The Balaban J connectivity index is 1.72. The number of benzene rings is 1. The van der Waals surface area contributed by atoms with Crippen molar-refractivity contribution in [1.29, 1.82) is 0 Å². The van der Waals surface area contributed by atoms with Gasteiger partial charge in [-0.3, -0.25) is 15.2 Å². The summed E-state index contributed by atoms with van der Waals surface area (Å²) in [5, 5.41) is 6.03. The van der Waals surface area contributed by atoms with Crippen LogP contribution in [0.1, 0.15) is 38.1 Å². The summed E-state index contributed by atoms with van der Waals surface area (Å²) in [5.74, 6) is 0. The van der Waals surface area contributed by atoms with Gasteiger partial charge in [0.25, 0.3) is 0 Å². The summed E-state index contributed by atoms with van der Waals surface area (Å²) in [5.41, 5.74) is 1.37. The van der Waals surface area contributed by atoms with E-state index in [1.54, 1.807) is 23.2 Å². The zero-order valence-electron chi connectivity index (χ0n) is 17.6. The minimum atomic E-state index is -0.598. The molecule has 8 nitrogen and oxygen atoms in total. The predicted octanol–water partition coefficient (Wildman–Crippen LogP) is 3.71. The molecule has 2 N–H and O–H groups in total. The molecule has 1 aliphatic rings. The maximum Gasteiger partial charge on any atom is 0.412 e. The van der Waals surface area contributed by atoms with E-state index in [1.165, 1.54) is 0 Å². The average Bonchev–Trinajstić information content (AvgIpc) is 2.72. The molecule has 8 heteroatoms. The molecule has 1 aromatic carbocycles. The van der Waals surface area contributed by atoms with Gasteiger partial charge in [-0.1, -0.05) is 30.3 Å². The third kappa shape index (κ3) is 5.93. The first kappa shape index (κ1) is 21.6. The Morgan fingerprint density at radius 1 is 1.20 bits per heavy atom. The van der Waals surface area contributed by atoms with Crippen LogP contribution in [0.4, 0.5) is 15.3 Å². The molecule has 2 amide bonds. The number of hydrogen-bond donors (Lipinski definition) is 2. The second kappa shape index (κ2) is 9.58. The first-order valence-corrected chi connectivity index (χ1v) is 9.96. The van der Waals surface area contributed by atoms with Crippen molar-refractivity contribution in [2.24, 2.45) is 0 Å². The normalized spacial score (nSPS) is 16.6. The van der Waals surface area contributed by atoms with Crippen molar-refractivity contribution < 1.29 is 19.1 Å². The number of nitrogens with zero attached hydrogens (tertiary/aromatic N) is 2. The van der Waals surface area contributed by atoms with E-state index in [-0.39, 0.29) is 12.6 Å². The zero-order valence-corrected chi connectivity index (χ0v) is 17.6. The summed E-state index contributed by atoms with van der Waals surface area (Å²) in [6, 6.07) is 12.5. The van der Waals surface area contributed by atoms with Crippen molar-refractivity contribution in [2.75, 3.05) is 25.0 Å². The predicted molar refractivity (Wildman–Crippen MR) is 113 cm³/mol. The van der Waals surface area contributed by atoms with Gasteiger partial charge in [0.2, 0.25) is 0 Å². The van der Waals surface area contributed by atoms with Crippen molar-refractivity contribution in [3.8, 4) is 0 Å². The lowest BCUT2D eigenvalue weighted by atomic mass is 10.1. The molecule has 2 aromatic rings. The van der Waals surface area contributed by atoms with Gasteiger partial charge in [-0.05, 0) is 38.5 Å². The molecule has 0 bridgehead atoms. The molecule has 160 valence electrons. The number of amides is 2. The minimum Gasteiger partial charge on any atom is -0.444 e. The van der Waals surface area contributed by atoms with Gasteiger partial charge in [0.1, 0.15) is 12.2 Å². The van der Waals surface area contributed by atoms with Crippen molar-refractivity contribution in [3.05, 3.63) is 59.9 Å². The fourth-order valence-corrected chi connectivity index (χ4v) is 3.15. The van der Waals surface area contributed by atoms with Gasteiger partial charge in [0.15, 0.2) is 0 Å². The van der Waals surface area contributed by atoms with E-state index >= 15 is 0 Å². The number of rotatable bonds is 4. The zero-order chi connectivity index (χ0) is 21.6. The Bertz CT molecular complexity index is 867. The topological polar surface area (TPSA) is 92.8 Å². The molecule has 3 rings (SSSR count). The SMILES string of the molecule is CC(C)(C)OC(=O)N1CCNCC1c1ncccc1NC(=O)OCc1ccccc1. The van der Waals surface area contributed by atoms with Gasteiger partial charge in [0.05, 0.1) is 17.4 Å². The van der Waals surface area contributed by atoms with Crippen LogP contribution in [-0.2, 0) is 16.1 Å². The van der Waals surface area contributed by atoms with Crippen LogP contribution in [0, 0.1) is 0 Å². The molecular formula is C22H28N4O4. The van der Waals surface area contributed by atoms with E-state index in [0.29, 0.717) is 31.0 Å². The molecule has 1 saturated heterocycles. The van der Waals surface area contributed by atoms with Crippen LogP contribution < -0.4 is 10.6 Å². The molecule has 1 atom stereocenters. The summed E-state index contributed by atoms with van der Waals surface area (Å²) < 4.78 is 10.9.